The Labute approximate surface area is 86.0 Å². The van der Waals surface area contributed by atoms with Crippen LogP contribution in [0.15, 0.2) is 18.3 Å². The van der Waals surface area contributed by atoms with Crippen LogP contribution in [0.1, 0.15) is 0 Å². The van der Waals surface area contributed by atoms with Gasteiger partial charge in [0.15, 0.2) is 0 Å². The molecule has 0 aliphatic heterocycles. The lowest BCUT2D eigenvalue weighted by Gasteiger charge is -1.88. The minimum Gasteiger partial charge on any atom is -0.362 e. The lowest BCUT2D eigenvalue weighted by atomic mass is 10.3. The Morgan fingerprint density at radius 1 is 1.45 bits per heavy atom. The molecule has 0 atom stereocenters. The van der Waals surface area contributed by atoms with Gasteiger partial charge in [-0.2, -0.15) is 0 Å². The highest BCUT2D eigenvalue weighted by Crippen LogP contribution is 2.11. The topological polar surface area (TPSA) is 28.7 Å². The Balaban J connectivity index is 2.82. The molecule has 2 aromatic heterocycles. The van der Waals surface area contributed by atoms with Crippen LogP contribution in [0.25, 0.3) is 11.0 Å². The van der Waals surface area contributed by atoms with E-state index in [1.165, 1.54) is 8.96 Å². The predicted octanol–water partition coefficient (Wildman–Crippen LogP) is 0.961. The Morgan fingerprint density at radius 2 is 2.27 bits per heavy atom. The van der Waals surface area contributed by atoms with Gasteiger partial charge in [-0.25, -0.2) is 4.98 Å². The summed E-state index contributed by atoms with van der Waals surface area (Å²) in [5, 5.41) is 1.17. The third-order valence-corrected chi connectivity index (χ3v) is 2.36. The second-order valence-corrected chi connectivity index (χ2v) is 4.18. The zero-order valence-corrected chi connectivity index (χ0v) is 8.95. The quantitative estimate of drug-likeness (QED) is 0.560. The minimum atomic E-state index is 0.954. The molecule has 0 saturated carbocycles. The van der Waals surface area contributed by atoms with Crippen LogP contribution >= 0.6 is 22.6 Å². The number of aromatic nitrogens is 2. The predicted molar refractivity (Wildman–Crippen MR) is 54.2 cm³/mol. The number of nitrogens with one attached hydrogen (secondary N) is 1. The number of hydrogen-bond donors (Lipinski definition) is 1. The van der Waals surface area contributed by atoms with Gasteiger partial charge in [0.05, 0.1) is 0 Å². The molecule has 0 unspecified atom stereocenters. The van der Waals surface area contributed by atoms with Crippen molar-refractivity contribution < 1.29 is 0 Å². The van der Waals surface area contributed by atoms with E-state index in [1.54, 1.807) is 0 Å². The van der Waals surface area contributed by atoms with Crippen LogP contribution in [0.2, 0.25) is 0 Å². The summed E-state index contributed by atoms with van der Waals surface area (Å²) >= 11 is 4.87. The van der Waals surface area contributed by atoms with Crippen LogP contribution in [0.3, 0.4) is 0 Å². The van der Waals surface area contributed by atoms with Gasteiger partial charge < -0.3 is 4.98 Å². The van der Waals surface area contributed by atoms with E-state index in [-0.39, 0.29) is 0 Å². The molecule has 0 aliphatic rings. The molecule has 2 rings (SSSR count). The first-order chi connectivity index (χ1) is 5.25. The van der Waals surface area contributed by atoms with Crippen LogP contribution in [0.5, 0.6) is 0 Å². The molecule has 0 saturated heterocycles. The molecule has 2 radical (unpaired) electrons. The van der Waals surface area contributed by atoms with E-state index in [1.807, 2.05) is 6.20 Å². The van der Waals surface area contributed by atoms with E-state index in [4.69, 9.17) is 0 Å². The van der Waals surface area contributed by atoms with Crippen molar-refractivity contribution in [3.8, 4) is 0 Å². The minimum absolute atomic E-state index is 0.954. The average molecular weight is 270 g/mol. The number of halogens is 1. The molecular formula is C7H4AlIN2. The molecule has 0 spiro atoms. The highest BCUT2D eigenvalue weighted by molar-refractivity contribution is 14.1. The SMILES string of the molecule is [Al][c]1cc2cc(I)cnc2[nH]1. The molecule has 11 heavy (non-hydrogen) atoms. The summed E-state index contributed by atoms with van der Waals surface area (Å²) in [6.45, 7) is 0. The monoisotopic (exact) mass is 270 g/mol. The molecule has 0 bridgehead atoms. The van der Waals surface area contributed by atoms with Gasteiger partial charge in [0.1, 0.15) is 5.65 Å². The Hall–Kier alpha value is -0.0475. The van der Waals surface area contributed by atoms with Crippen LogP contribution in [0.4, 0.5) is 0 Å². The van der Waals surface area contributed by atoms with E-state index in [0.29, 0.717) is 0 Å². The molecule has 0 aliphatic carbocycles. The van der Waals surface area contributed by atoms with Crippen LogP contribution in [-0.4, -0.2) is 26.3 Å². The summed E-state index contributed by atoms with van der Waals surface area (Å²) < 4.78 is 2.24. The fourth-order valence-electron chi connectivity index (χ4n) is 1.01. The van der Waals surface area contributed by atoms with E-state index in [0.717, 1.165) is 10.2 Å². The zero-order chi connectivity index (χ0) is 7.84. The Kier molecular flexibility index (Phi) is 1.92. The first-order valence-corrected chi connectivity index (χ1v) is 4.81. The van der Waals surface area contributed by atoms with Crippen LogP contribution < -0.4 is 4.56 Å². The first kappa shape index (κ1) is 7.59. The molecule has 52 valence electrons. The van der Waals surface area contributed by atoms with Gasteiger partial charge in [0.2, 0.25) is 16.3 Å². The third-order valence-electron chi connectivity index (χ3n) is 1.46. The van der Waals surface area contributed by atoms with Gasteiger partial charge in [-0.15, -0.1) is 0 Å². The number of aromatic amines is 1. The van der Waals surface area contributed by atoms with Gasteiger partial charge in [0, 0.05) is 15.2 Å². The van der Waals surface area contributed by atoms with Crippen molar-refractivity contribution in [2.24, 2.45) is 0 Å². The smallest absolute Gasteiger partial charge is 0.205 e. The molecule has 4 heteroatoms. The summed E-state index contributed by atoms with van der Waals surface area (Å²) in [4.78, 5) is 7.36. The average Bonchev–Trinajstić information content (AvgIpc) is 2.27. The molecule has 0 amide bonds. The van der Waals surface area contributed by atoms with Gasteiger partial charge >= 0.3 is 0 Å². The highest BCUT2D eigenvalue weighted by atomic mass is 127. The normalized spacial score (nSPS) is 10.6. The summed E-state index contributed by atoms with van der Waals surface area (Å²) in [6, 6.07) is 4.17. The van der Waals surface area contributed by atoms with Crippen molar-refractivity contribution >= 4 is 54.5 Å². The molecular weight excluding hydrogens is 266 g/mol. The molecule has 0 fully saturated rings. The van der Waals surface area contributed by atoms with E-state index < -0.39 is 0 Å². The molecule has 2 aromatic rings. The maximum absolute atomic E-state index is 4.23. The van der Waals surface area contributed by atoms with Crippen molar-refractivity contribution in [3.05, 3.63) is 21.9 Å². The number of fused-ring (bicyclic) bond motifs is 1. The lowest BCUT2D eigenvalue weighted by Crippen LogP contribution is -1.99. The summed E-state index contributed by atoms with van der Waals surface area (Å²) in [7, 11) is 0. The summed E-state index contributed by atoms with van der Waals surface area (Å²) in [5.74, 6) is 0. The fraction of sp³-hybridized carbons (Fsp3) is 0. The largest absolute Gasteiger partial charge is 0.362 e. The highest BCUT2D eigenvalue weighted by Gasteiger charge is 1.96. The molecule has 2 heterocycles. The fourth-order valence-corrected chi connectivity index (χ4v) is 1.80. The van der Waals surface area contributed by atoms with E-state index in [2.05, 4.69) is 61.0 Å². The Bertz CT molecular complexity index is 396. The van der Waals surface area contributed by atoms with Crippen molar-refractivity contribution in [1.82, 2.24) is 9.97 Å². The molecule has 0 aromatic carbocycles. The zero-order valence-electron chi connectivity index (χ0n) is 5.63. The standard InChI is InChI=1S/C7H4IN2.Al/c8-6-3-5-1-2-9-7(5)10-4-6;/h1,3-4H,(H,9,10);. The summed E-state index contributed by atoms with van der Waals surface area (Å²) in [5.41, 5.74) is 0.954. The second kappa shape index (κ2) is 2.78. The number of H-pyrrole nitrogens is 1. The first-order valence-electron chi connectivity index (χ1n) is 3.15. The van der Waals surface area contributed by atoms with E-state index >= 15 is 0 Å². The molecule has 2 nitrogen and oxygen atoms in total. The molecule has 1 N–H and O–H groups in total. The third kappa shape index (κ3) is 1.43. The van der Waals surface area contributed by atoms with Crippen LogP contribution in [-0.2, 0) is 0 Å². The number of pyridine rings is 1. The maximum Gasteiger partial charge on any atom is 0.205 e. The maximum atomic E-state index is 4.23. The van der Waals surface area contributed by atoms with Gasteiger partial charge in [-0.3, -0.25) is 0 Å². The lowest BCUT2D eigenvalue weighted by molar-refractivity contribution is 1.33. The van der Waals surface area contributed by atoms with Crippen molar-refractivity contribution in [3.63, 3.8) is 0 Å². The van der Waals surface area contributed by atoms with Crippen molar-refractivity contribution in [1.29, 1.82) is 0 Å². The van der Waals surface area contributed by atoms with Gasteiger partial charge in [-0.1, -0.05) is 10.6 Å². The van der Waals surface area contributed by atoms with Crippen molar-refractivity contribution in [2.75, 3.05) is 0 Å². The number of nitrogens with zero attached hydrogens (tertiary/aromatic N) is 1. The Morgan fingerprint density at radius 3 is 3.09 bits per heavy atom. The van der Waals surface area contributed by atoms with Gasteiger partial charge in [0.25, 0.3) is 0 Å². The second-order valence-electron chi connectivity index (χ2n) is 2.32. The summed E-state index contributed by atoms with van der Waals surface area (Å²) in [6.07, 6.45) is 1.85. The number of rotatable bonds is 0. The van der Waals surface area contributed by atoms with Crippen molar-refractivity contribution in [2.45, 2.75) is 0 Å². The van der Waals surface area contributed by atoms with Crippen LogP contribution in [0, 0.1) is 3.57 Å². The van der Waals surface area contributed by atoms with E-state index in [9.17, 15) is 0 Å². The van der Waals surface area contributed by atoms with Gasteiger partial charge in [-0.05, 0) is 28.7 Å². The number of hydrogen-bond acceptors (Lipinski definition) is 1.